The number of rotatable bonds is 6. The maximum Gasteiger partial charge on any atom is 0.274 e. The van der Waals surface area contributed by atoms with Crippen LogP contribution in [0.1, 0.15) is 19.3 Å². The van der Waals surface area contributed by atoms with E-state index in [1.165, 1.54) is 11.3 Å². The summed E-state index contributed by atoms with van der Waals surface area (Å²) in [7, 11) is 3.24. The van der Waals surface area contributed by atoms with Crippen LogP contribution in [0.25, 0.3) is 10.2 Å². The Labute approximate surface area is 202 Å². The number of aromatic nitrogens is 1. The Morgan fingerprint density at radius 3 is 2.44 bits per heavy atom. The van der Waals surface area contributed by atoms with Crippen LogP contribution < -0.4 is 19.1 Å². The number of piperidine rings is 1. The zero-order chi connectivity index (χ0) is 23.7. The fourth-order valence-electron chi connectivity index (χ4n) is 4.54. The zero-order valence-electron chi connectivity index (χ0n) is 19.2. The van der Waals surface area contributed by atoms with Crippen molar-refractivity contribution in [2.45, 2.75) is 25.4 Å². The minimum Gasteiger partial charge on any atom is -0.497 e. The highest BCUT2D eigenvalue weighted by Crippen LogP contribution is 2.33. The highest BCUT2D eigenvalue weighted by Gasteiger charge is 2.38. The van der Waals surface area contributed by atoms with E-state index in [9.17, 15) is 9.59 Å². The maximum atomic E-state index is 13.1. The molecule has 2 aliphatic heterocycles. The summed E-state index contributed by atoms with van der Waals surface area (Å²) in [6, 6.07) is 13.2. The number of carbonyl (C=O) groups excluding carboxylic acids is 2. The van der Waals surface area contributed by atoms with Crippen LogP contribution in [0.3, 0.4) is 0 Å². The summed E-state index contributed by atoms with van der Waals surface area (Å²) in [5, 5.41) is 0.643. The van der Waals surface area contributed by atoms with Gasteiger partial charge in [0.05, 0.1) is 30.4 Å². The van der Waals surface area contributed by atoms with Gasteiger partial charge in [-0.1, -0.05) is 11.3 Å². The first-order chi connectivity index (χ1) is 16.5. The summed E-state index contributed by atoms with van der Waals surface area (Å²) in [6.07, 6.45) is 1.76. The molecule has 34 heavy (non-hydrogen) atoms. The molecule has 2 aliphatic rings. The lowest BCUT2D eigenvalue weighted by Gasteiger charge is -2.33. The summed E-state index contributed by atoms with van der Waals surface area (Å²) in [5.41, 5.74) is 1.65. The average molecular weight is 482 g/mol. The smallest absolute Gasteiger partial charge is 0.274 e. The van der Waals surface area contributed by atoms with Crippen LogP contribution in [0.5, 0.6) is 16.7 Å². The Bertz CT molecular complexity index is 1190. The Balaban J connectivity index is 1.15. The van der Waals surface area contributed by atoms with Crippen molar-refractivity contribution in [3.8, 4) is 16.7 Å². The highest BCUT2D eigenvalue weighted by atomic mass is 32.1. The third-order valence-electron chi connectivity index (χ3n) is 6.45. The Morgan fingerprint density at radius 2 is 1.74 bits per heavy atom. The Kier molecular flexibility index (Phi) is 6.28. The van der Waals surface area contributed by atoms with Gasteiger partial charge in [-0.25, -0.2) is 4.98 Å². The van der Waals surface area contributed by atoms with Crippen molar-refractivity contribution in [1.82, 2.24) is 9.88 Å². The largest absolute Gasteiger partial charge is 0.497 e. The summed E-state index contributed by atoms with van der Waals surface area (Å²) in [6.45, 7) is 1.65. The zero-order valence-corrected chi connectivity index (χ0v) is 20.0. The van der Waals surface area contributed by atoms with Crippen molar-refractivity contribution in [3.05, 3.63) is 42.5 Å². The number of methoxy groups -OCH3 is 2. The third kappa shape index (κ3) is 4.52. The number of carbonyl (C=O) groups is 2. The fraction of sp³-hybridized carbons (Fsp3) is 0.400. The SMILES string of the molecule is COc1ccc(N2CC(C(=O)N3CCC(Oc4nc5cc(OC)ccc5s4)CC3)CC2=O)cc1. The van der Waals surface area contributed by atoms with Crippen molar-refractivity contribution >= 4 is 39.1 Å². The van der Waals surface area contributed by atoms with Gasteiger partial charge in [-0.05, 0) is 36.4 Å². The van der Waals surface area contributed by atoms with Crippen LogP contribution in [0.15, 0.2) is 42.5 Å². The van der Waals surface area contributed by atoms with Gasteiger partial charge in [-0.15, -0.1) is 0 Å². The molecular formula is C25H27N3O5S. The number of hydrogen-bond acceptors (Lipinski definition) is 7. The first kappa shape index (κ1) is 22.5. The Morgan fingerprint density at radius 1 is 1.03 bits per heavy atom. The number of nitrogens with zero attached hydrogens (tertiary/aromatic N) is 3. The van der Waals surface area contributed by atoms with Crippen LogP contribution in [0.2, 0.25) is 0 Å². The number of anilines is 1. The molecule has 0 N–H and O–H groups in total. The molecule has 0 spiro atoms. The van der Waals surface area contributed by atoms with Crippen molar-refractivity contribution in [2.24, 2.45) is 5.92 Å². The minimum atomic E-state index is -0.314. The number of ether oxygens (including phenoxy) is 3. The first-order valence-electron chi connectivity index (χ1n) is 11.4. The van der Waals surface area contributed by atoms with Gasteiger partial charge in [0.15, 0.2) is 0 Å². The van der Waals surface area contributed by atoms with Crippen LogP contribution in [-0.2, 0) is 9.59 Å². The van der Waals surface area contributed by atoms with E-state index in [-0.39, 0.29) is 30.3 Å². The second kappa shape index (κ2) is 9.50. The molecule has 2 aromatic carbocycles. The van der Waals surface area contributed by atoms with E-state index in [4.69, 9.17) is 14.2 Å². The molecule has 178 valence electrons. The quantitative estimate of drug-likeness (QED) is 0.534. The summed E-state index contributed by atoms with van der Waals surface area (Å²) < 4.78 is 17.6. The molecule has 2 saturated heterocycles. The van der Waals surface area contributed by atoms with Crippen LogP contribution in [0.4, 0.5) is 5.69 Å². The van der Waals surface area contributed by atoms with E-state index >= 15 is 0 Å². The summed E-state index contributed by atoms with van der Waals surface area (Å²) >= 11 is 1.52. The Hall–Kier alpha value is -3.33. The highest BCUT2D eigenvalue weighted by molar-refractivity contribution is 7.20. The van der Waals surface area contributed by atoms with Crippen molar-refractivity contribution in [2.75, 3.05) is 38.8 Å². The number of hydrogen-bond donors (Lipinski definition) is 0. The molecular weight excluding hydrogens is 454 g/mol. The van der Waals surface area contributed by atoms with E-state index in [1.54, 1.807) is 19.1 Å². The standard InChI is InChI=1S/C25H27N3O5S/c1-31-18-5-3-17(4-6-18)28-15-16(13-23(28)29)24(30)27-11-9-19(10-12-27)33-25-26-21-14-20(32-2)7-8-22(21)34-25/h3-8,14,16,19H,9-13,15H2,1-2H3. The van der Waals surface area contributed by atoms with E-state index in [0.717, 1.165) is 40.2 Å². The van der Waals surface area contributed by atoms with Crippen molar-refractivity contribution < 1.29 is 23.8 Å². The predicted octanol–water partition coefficient (Wildman–Crippen LogP) is 3.74. The summed E-state index contributed by atoms with van der Waals surface area (Å²) in [4.78, 5) is 33.9. The van der Waals surface area contributed by atoms with Gasteiger partial charge in [0.2, 0.25) is 11.8 Å². The van der Waals surface area contributed by atoms with Gasteiger partial charge in [-0.3, -0.25) is 9.59 Å². The van der Waals surface area contributed by atoms with Gasteiger partial charge in [0.1, 0.15) is 17.6 Å². The minimum absolute atomic E-state index is 0.0193. The fourth-order valence-corrected chi connectivity index (χ4v) is 5.40. The molecule has 1 aromatic heterocycles. The molecule has 0 saturated carbocycles. The lowest BCUT2D eigenvalue weighted by Crippen LogP contribution is -2.44. The second-order valence-electron chi connectivity index (χ2n) is 8.56. The number of likely N-dealkylation sites (tertiary alicyclic amines) is 1. The molecule has 2 fully saturated rings. The van der Waals surface area contributed by atoms with Crippen LogP contribution >= 0.6 is 11.3 Å². The molecule has 0 radical (unpaired) electrons. The lowest BCUT2D eigenvalue weighted by atomic mass is 10.0. The van der Waals surface area contributed by atoms with E-state index < -0.39 is 0 Å². The van der Waals surface area contributed by atoms with Crippen LogP contribution in [-0.4, -0.2) is 61.7 Å². The molecule has 8 nitrogen and oxygen atoms in total. The van der Waals surface area contributed by atoms with Gasteiger partial charge < -0.3 is 24.0 Å². The molecule has 1 atom stereocenters. The molecule has 5 rings (SSSR count). The predicted molar refractivity (Wildman–Crippen MR) is 130 cm³/mol. The number of fused-ring (bicyclic) bond motifs is 1. The van der Waals surface area contributed by atoms with Gasteiger partial charge in [0.25, 0.3) is 5.19 Å². The topological polar surface area (TPSA) is 81.2 Å². The maximum absolute atomic E-state index is 13.1. The first-order valence-corrected chi connectivity index (χ1v) is 12.2. The number of amides is 2. The van der Waals surface area contributed by atoms with Gasteiger partial charge >= 0.3 is 0 Å². The average Bonchev–Trinajstić information content (AvgIpc) is 3.46. The number of thiazole rings is 1. The second-order valence-corrected chi connectivity index (χ2v) is 9.55. The van der Waals surface area contributed by atoms with Gasteiger partial charge in [-0.2, -0.15) is 0 Å². The normalized spacial score (nSPS) is 19.0. The van der Waals surface area contributed by atoms with Gasteiger partial charge in [0, 0.05) is 50.7 Å². The molecule has 0 bridgehead atoms. The lowest BCUT2D eigenvalue weighted by molar-refractivity contribution is -0.137. The monoisotopic (exact) mass is 481 g/mol. The molecule has 3 heterocycles. The molecule has 2 amide bonds. The third-order valence-corrected chi connectivity index (χ3v) is 7.38. The summed E-state index contributed by atoms with van der Waals surface area (Å²) in [5.74, 6) is 1.22. The number of benzene rings is 2. The van der Waals surface area contributed by atoms with E-state index in [0.29, 0.717) is 24.8 Å². The molecule has 0 aliphatic carbocycles. The molecule has 9 heteroatoms. The van der Waals surface area contributed by atoms with Crippen molar-refractivity contribution in [1.29, 1.82) is 0 Å². The van der Waals surface area contributed by atoms with E-state index in [1.807, 2.05) is 47.4 Å². The van der Waals surface area contributed by atoms with E-state index in [2.05, 4.69) is 4.98 Å². The van der Waals surface area contributed by atoms with Crippen molar-refractivity contribution in [3.63, 3.8) is 0 Å². The molecule has 3 aromatic rings. The molecule has 1 unspecified atom stereocenters. The van der Waals surface area contributed by atoms with Crippen LogP contribution in [0, 0.1) is 5.92 Å².